The standard InChI is InChI=1S/C17H20ClN5O4S/c1-27-16-5-4-14(7-15(16)18)28(25,26)22-10-13(11-22)23-9-12(19-20-23)8-21-6-2-3-17(21)24/h4-5,7,9,13H,2-3,6,8,10-11H2,1H3. The Balaban J connectivity index is 1.40. The van der Waals surface area contributed by atoms with Gasteiger partial charge in [-0.15, -0.1) is 5.10 Å². The first-order valence-corrected chi connectivity index (χ1v) is 10.7. The van der Waals surface area contributed by atoms with E-state index in [0.29, 0.717) is 37.5 Å². The molecule has 1 aromatic heterocycles. The number of hydrogen-bond donors (Lipinski definition) is 0. The Kier molecular flexibility index (Phi) is 5.02. The van der Waals surface area contributed by atoms with Gasteiger partial charge in [-0.25, -0.2) is 13.1 Å². The molecule has 3 heterocycles. The molecule has 0 aliphatic carbocycles. The smallest absolute Gasteiger partial charge is 0.243 e. The Morgan fingerprint density at radius 3 is 2.75 bits per heavy atom. The van der Waals surface area contributed by atoms with Crippen LogP contribution in [-0.4, -0.2) is 65.3 Å². The van der Waals surface area contributed by atoms with E-state index in [0.717, 1.165) is 13.0 Å². The molecule has 9 nitrogen and oxygen atoms in total. The van der Waals surface area contributed by atoms with Gasteiger partial charge in [0.1, 0.15) is 11.4 Å². The van der Waals surface area contributed by atoms with Gasteiger partial charge in [-0.05, 0) is 24.6 Å². The normalized spacial score (nSPS) is 18.5. The number of benzene rings is 1. The fourth-order valence-electron chi connectivity index (χ4n) is 3.37. The molecule has 4 rings (SSSR count). The van der Waals surface area contributed by atoms with Crippen molar-refractivity contribution in [3.63, 3.8) is 0 Å². The molecule has 11 heteroatoms. The lowest BCUT2D eigenvalue weighted by atomic mass is 10.2. The number of amides is 1. The molecule has 1 amide bonds. The van der Waals surface area contributed by atoms with Crippen LogP contribution < -0.4 is 4.74 Å². The van der Waals surface area contributed by atoms with E-state index in [1.807, 2.05) is 0 Å². The van der Waals surface area contributed by atoms with Crippen molar-refractivity contribution in [2.24, 2.45) is 0 Å². The maximum absolute atomic E-state index is 12.8. The van der Waals surface area contributed by atoms with Gasteiger partial charge in [0.25, 0.3) is 0 Å². The van der Waals surface area contributed by atoms with Gasteiger partial charge in [0.15, 0.2) is 0 Å². The van der Waals surface area contributed by atoms with Gasteiger partial charge in [-0.2, -0.15) is 4.31 Å². The van der Waals surface area contributed by atoms with Crippen LogP contribution in [0.4, 0.5) is 0 Å². The van der Waals surface area contributed by atoms with E-state index in [-0.39, 0.29) is 21.9 Å². The van der Waals surface area contributed by atoms with Crippen molar-refractivity contribution in [3.05, 3.63) is 35.1 Å². The van der Waals surface area contributed by atoms with Crippen LogP contribution >= 0.6 is 11.6 Å². The zero-order chi connectivity index (χ0) is 19.9. The molecule has 0 bridgehead atoms. The van der Waals surface area contributed by atoms with Crippen molar-refractivity contribution in [1.29, 1.82) is 0 Å². The van der Waals surface area contributed by atoms with E-state index in [4.69, 9.17) is 16.3 Å². The number of halogens is 1. The number of carbonyl (C=O) groups is 1. The van der Waals surface area contributed by atoms with Crippen molar-refractivity contribution < 1.29 is 17.9 Å². The highest BCUT2D eigenvalue weighted by Gasteiger charge is 2.38. The number of carbonyl (C=O) groups excluding carboxylic acids is 1. The van der Waals surface area contributed by atoms with Gasteiger partial charge in [-0.3, -0.25) is 4.79 Å². The molecular formula is C17H20ClN5O4S. The zero-order valence-corrected chi connectivity index (χ0v) is 16.9. The number of hydrogen-bond acceptors (Lipinski definition) is 6. The van der Waals surface area contributed by atoms with E-state index in [2.05, 4.69) is 10.3 Å². The number of methoxy groups -OCH3 is 1. The number of sulfonamides is 1. The maximum Gasteiger partial charge on any atom is 0.243 e. The maximum atomic E-state index is 12.8. The first-order valence-electron chi connectivity index (χ1n) is 8.90. The van der Waals surface area contributed by atoms with Crippen LogP contribution in [0, 0.1) is 0 Å². The van der Waals surface area contributed by atoms with Crippen LogP contribution in [-0.2, 0) is 21.4 Å². The Bertz CT molecular complexity index is 1000. The summed E-state index contributed by atoms with van der Waals surface area (Å²) in [6.45, 7) is 1.79. The second-order valence-corrected chi connectivity index (χ2v) is 9.23. The van der Waals surface area contributed by atoms with Crippen molar-refractivity contribution >= 4 is 27.5 Å². The largest absolute Gasteiger partial charge is 0.495 e. The lowest BCUT2D eigenvalue weighted by Crippen LogP contribution is -2.50. The molecule has 2 aromatic rings. The molecule has 0 N–H and O–H groups in total. The molecule has 0 radical (unpaired) electrons. The van der Waals surface area contributed by atoms with Gasteiger partial charge in [0, 0.05) is 26.1 Å². The minimum Gasteiger partial charge on any atom is -0.495 e. The molecule has 150 valence electrons. The number of nitrogens with zero attached hydrogens (tertiary/aromatic N) is 5. The van der Waals surface area contributed by atoms with Crippen molar-refractivity contribution in [1.82, 2.24) is 24.2 Å². The predicted octanol–water partition coefficient (Wildman–Crippen LogP) is 1.31. The molecule has 2 saturated heterocycles. The molecule has 0 saturated carbocycles. The molecule has 1 aromatic carbocycles. The molecule has 2 fully saturated rings. The highest BCUT2D eigenvalue weighted by Crippen LogP contribution is 2.32. The van der Waals surface area contributed by atoms with Crippen LogP contribution in [0.15, 0.2) is 29.3 Å². The topological polar surface area (TPSA) is 97.6 Å². The van der Waals surface area contributed by atoms with Gasteiger partial charge in [-0.1, -0.05) is 16.8 Å². The fourth-order valence-corrected chi connectivity index (χ4v) is 5.23. The summed E-state index contributed by atoms with van der Waals surface area (Å²) >= 11 is 6.05. The van der Waals surface area contributed by atoms with Crippen LogP contribution in [0.5, 0.6) is 5.75 Å². The Labute approximate surface area is 167 Å². The first kappa shape index (κ1) is 19.2. The number of rotatable bonds is 6. The Morgan fingerprint density at radius 1 is 1.32 bits per heavy atom. The van der Waals surface area contributed by atoms with Crippen molar-refractivity contribution in [2.75, 3.05) is 26.7 Å². The SMILES string of the molecule is COc1ccc(S(=O)(=O)N2CC(n3cc(CN4CCCC4=O)nn3)C2)cc1Cl. The van der Waals surface area contributed by atoms with E-state index >= 15 is 0 Å². The van der Waals surface area contributed by atoms with E-state index < -0.39 is 10.0 Å². The van der Waals surface area contributed by atoms with Crippen LogP contribution in [0.1, 0.15) is 24.6 Å². The third kappa shape index (κ3) is 3.47. The van der Waals surface area contributed by atoms with Crippen LogP contribution in [0.2, 0.25) is 5.02 Å². The average molecular weight is 426 g/mol. The first-order chi connectivity index (χ1) is 13.4. The second-order valence-electron chi connectivity index (χ2n) is 6.88. The minimum absolute atomic E-state index is 0.0842. The predicted molar refractivity (Wildman–Crippen MR) is 100 cm³/mol. The third-order valence-electron chi connectivity index (χ3n) is 5.05. The van der Waals surface area contributed by atoms with E-state index in [1.165, 1.54) is 29.6 Å². The molecule has 0 unspecified atom stereocenters. The summed E-state index contributed by atoms with van der Waals surface area (Å²) in [5.74, 6) is 0.558. The fraction of sp³-hybridized carbons (Fsp3) is 0.471. The number of aromatic nitrogens is 3. The molecule has 2 aliphatic heterocycles. The molecule has 0 atom stereocenters. The summed E-state index contributed by atoms with van der Waals surface area (Å²) in [4.78, 5) is 13.6. The summed E-state index contributed by atoms with van der Waals surface area (Å²) in [5.41, 5.74) is 0.707. The lowest BCUT2D eigenvalue weighted by molar-refractivity contribution is -0.128. The summed E-state index contributed by atoms with van der Waals surface area (Å²) in [6.07, 6.45) is 3.24. The summed E-state index contributed by atoms with van der Waals surface area (Å²) in [7, 11) is -2.16. The summed E-state index contributed by atoms with van der Waals surface area (Å²) < 4.78 is 33.6. The monoisotopic (exact) mass is 425 g/mol. The molecule has 2 aliphatic rings. The summed E-state index contributed by atoms with van der Waals surface area (Å²) in [5, 5.41) is 8.46. The quantitative estimate of drug-likeness (QED) is 0.692. The minimum atomic E-state index is -3.63. The van der Waals surface area contributed by atoms with Gasteiger partial charge in [0.2, 0.25) is 15.9 Å². The average Bonchev–Trinajstić information content (AvgIpc) is 3.23. The van der Waals surface area contributed by atoms with Crippen LogP contribution in [0.3, 0.4) is 0 Å². The van der Waals surface area contributed by atoms with Gasteiger partial charge < -0.3 is 9.64 Å². The molecular weight excluding hydrogens is 406 g/mol. The van der Waals surface area contributed by atoms with Crippen LogP contribution in [0.25, 0.3) is 0 Å². The Hall–Kier alpha value is -2.17. The van der Waals surface area contributed by atoms with Gasteiger partial charge >= 0.3 is 0 Å². The highest BCUT2D eigenvalue weighted by atomic mass is 35.5. The van der Waals surface area contributed by atoms with Crippen molar-refractivity contribution in [2.45, 2.75) is 30.3 Å². The van der Waals surface area contributed by atoms with E-state index in [1.54, 1.807) is 15.8 Å². The third-order valence-corrected chi connectivity index (χ3v) is 7.17. The highest BCUT2D eigenvalue weighted by molar-refractivity contribution is 7.89. The number of ether oxygens (including phenoxy) is 1. The molecule has 28 heavy (non-hydrogen) atoms. The lowest BCUT2D eigenvalue weighted by Gasteiger charge is -2.37. The van der Waals surface area contributed by atoms with E-state index in [9.17, 15) is 13.2 Å². The van der Waals surface area contributed by atoms with Gasteiger partial charge in [0.05, 0.1) is 35.8 Å². The van der Waals surface area contributed by atoms with Crippen molar-refractivity contribution in [3.8, 4) is 5.75 Å². The number of likely N-dealkylation sites (tertiary alicyclic amines) is 1. The second kappa shape index (κ2) is 7.34. The summed E-state index contributed by atoms with van der Waals surface area (Å²) in [6, 6.07) is 4.33. The zero-order valence-electron chi connectivity index (χ0n) is 15.3. The molecule has 0 spiro atoms. The Morgan fingerprint density at radius 2 is 2.11 bits per heavy atom.